The highest BCUT2D eigenvalue weighted by atomic mass is 19.1. The van der Waals surface area contributed by atoms with Gasteiger partial charge in [0.25, 0.3) is 0 Å². The minimum absolute atomic E-state index is 0.293. The van der Waals surface area contributed by atoms with Crippen molar-refractivity contribution in [3.63, 3.8) is 0 Å². The van der Waals surface area contributed by atoms with Crippen molar-refractivity contribution in [2.75, 3.05) is 0 Å². The standard InChI is InChI=1S/C14H13FN2O2/c15-11-3-1-2-9(6-11)13-12-5-4-10(14(18)19)7-17(12)8-16-13/h1-3,6,8,10H,4-5,7H2,(H,18,19). The molecule has 1 aromatic heterocycles. The molecule has 1 aliphatic rings. The van der Waals surface area contributed by atoms with Crippen molar-refractivity contribution in [2.24, 2.45) is 5.92 Å². The number of carbonyl (C=O) groups is 1. The van der Waals surface area contributed by atoms with E-state index in [2.05, 4.69) is 4.98 Å². The molecule has 0 saturated carbocycles. The number of carboxylic acids is 1. The van der Waals surface area contributed by atoms with E-state index in [1.165, 1.54) is 12.1 Å². The third kappa shape index (κ3) is 2.12. The molecule has 0 fully saturated rings. The van der Waals surface area contributed by atoms with Crippen molar-refractivity contribution < 1.29 is 14.3 Å². The summed E-state index contributed by atoms with van der Waals surface area (Å²) in [6.07, 6.45) is 2.90. The van der Waals surface area contributed by atoms with E-state index in [-0.39, 0.29) is 11.7 Å². The number of aliphatic carboxylic acids is 1. The van der Waals surface area contributed by atoms with Crippen molar-refractivity contribution in [1.82, 2.24) is 9.55 Å². The van der Waals surface area contributed by atoms with Crippen molar-refractivity contribution in [2.45, 2.75) is 19.4 Å². The van der Waals surface area contributed by atoms with Gasteiger partial charge in [0.05, 0.1) is 17.9 Å². The number of nitrogens with zero attached hydrogens (tertiary/aromatic N) is 2. The summed E-state index contributed by atoms with van der Waals surface area (Å²) in [5, 5.41) is 9.04. The highest BCUT2D eigenvalue weighted by Gasteiger charge is 2.26. The fourth-order valence-corrected chi connectivity index (χ4v) is 2.55. The van der Waals surface area contributed by atoms with Gasteiger partial charge in [0, 0.05) is 17.8 Å². The molecular formula is C14H13FN2O2. The molecule has 0 aliphatic carbocycles. The number of aromatic nitrogens is 2. The first-order chi connectivity index (χ1) is 9.15. The molecule has 1 aliphatic heterocycles. The van der Waals surface area contributed by atoms with Gasteiger partial charge in [0.1, 0.15) is 5.82 Å². The number of benzene rings is 1. The monoisotopic (exact) mass is 260 g/mol. The number of fused-ring (bicyclic) bond motifs is 1. The van der Waals surface area contributed by atoms with Crippen LogP contribution in [0.1, 0.15) is 12.1 Å². The zero-order valence-electron chi connectivity index (χ0n) is 10.2. The lowest BCUT2D eigenvalue weighted by Gasteiger charge is -2.21. The molecule has 98 valence electrons. The Hall–Kier alpha value is -2.17. The van der Waals surface area contributed by atoms with Crippen LogP contribution in [0.2, 0.25) is 0 Å². The second kappa shape index (κ2) is 4.50. The molecule has 2 heterocycles. The molecule has 3 rings (SSSR count). The minimum atomic E-state index is -0.772. The van der Waals surface area contributed by atoms with Crippen LogP contribution >= 0.6 is 0 Å². The normalized spacial score (nSPS) is 18.1. The maximum atomic E-state index is 13.2. The van der Waals surface area contributed by atoms with Crippen LogP contribution in [-0.2, 0) is 17.8 Å². The summed E-state index contributed by atoms with van der Waals surface area (Å²) in [5.74, 6) is -1.42. The Bertz CT molecular complexity index is 636. The van der Waals surface area contributed by atoms with Crippen LogP contribution in [0.3, 0.4) is 0 Å². The van der Waals surface area contributed by atoms with Gasteiger partial charge in [0.15, 0.2) is 0 Å². The van der Waals surface area contributed by atoms with Gasteiger partial charge in [0.2, 0.25) is 0 Å². The van der Waals surface area contributed by atoms with Gasteiger partial charge in [-0.25, -0.2) is 9.37 Å². The van der Waals surface area contributed by atoms with Crippen LogP contribution in [0.4, 0.5) is 4.39 Å². The summed E-state index contributed by atoms with van der Waals surface area (Å²) >= 11 is 0. The molecule has 1 aromatic carbocycles. The first-order valence-electron chi connectivity index (χ1n) is 6.18. The van der Waals surface area contributed by atoms with Crippen molar-refractivity contribution >= 4 is 5.97 Å². The fourth-order valence-electron chi connectivity index (χ4n) is 2.55. The Balaban J connectivity index is 1.97. The Morgan fingerprint density at radius 2 is 2.32 bits per heavy atom. The third-order valence-corrected chi connectivity index (χ3v) is 3.54. The Morgan fingerprint density at radius 3 is 3.05 bits per heavy atom. The topological polar surface area (TPSA) is 55.1 Å². The van der Waals surface area contributed by atoms with E-state index in [0.717, 1.165) is 17.0 Å². The van der Waals surface area contributed by atoms with Crippen LogP contribution in [0.15, 0.2) is 30.6 Å². The van der Waals surface area contributed by atoms with Crippen LogP contribution in [-0.4, -0.2) is 20.6 Å². The quantitative estimate of drug-likeness (QED) is 0.901. The van der Waals surface area contributed by atoms with Gasteiger partial charge in [-0.05, 0) is 25.0 Å². The largest absolute Gasteiger partial charge is 0.481 e. The van der Waals surface area contributed by atoms with Crippen LogP contribution in [0.5, 0.6) is 0 Å². The van der Waals surface area contributed by atoms with Gasteiger partial charge < -0.3 is 9.67 Å². The summed E-state index contributed by atoms with van der Waals surface area (Å²) in [6.45, 7) is 0.437. The summed E-state index contributed by atoms with van der Waals surface area (Å²) in [4.78, 5) is 15.3. The Kier molecular flexibility index (Phi) is 2.81. The average Bonchev–Trinajstić information content (AvgIpc) is 2.81. The van der Waals surface area contributed by atoms with E-state index in [0.29, 0.717) is 19.4 Å². The van der Waals surface area contributed by atoms with Crippen LogP contribution in [0.25, 0.3) is 11.3 Å². The predicted octanol–water partition coefficient (Wildman–Crippen LogP) is 2.34. The second-order valence-corrected chi connectivity index (χ2v) is 4.78. The minimum Gasteiger partial charge on any atom is -0.481 e. The summed E-state index contributed by atoms with van der Waals surface area (Å²) in [7, 11) is 0. The molecule has 0 radical (unpaired) electrons. The van der Waals surface area contributed by atoms with E-state index < -0.39 is 5.97 Å². The van der Waals surface area contributed by atoms with Crippen molar-refractivity contribution in [3.8, 4) is 11.3 Å². The lowest BCUT2D eigenvalue weighted by Crippen LogP contribution is -2.26. The molecule has 2 aromatic rings. The highest BCUT2D eigenvalue weighted by Crippen LogP contribution is 2.29. The molecule has 0 bridgehead atoms. The van der Waals surface area contributed by atoms with Gasteiger partial charge in [-0.15, -0.1) is 0 Å². The van der Waals surface area contributed by atoms with Crippen LogP contribution in [0, 0.1) is 11.7 Å². The second-order valence-electron chi connectivity index (χ2n) is 4.78. The third-order valence-electron chi connectivity index (χ3n) is 3.54. The summed E-state index contributed by atoms with van der Waals surface area (Å²) < 4.78 is 15.1. The SMILES string of the molecule is O=C(O)C1CCc2c(-c3cccc(F)c3)ncn2C1. The van der Waals surface area contributed by atoms with Gasteiger partial charge >= 0.3 is 5.97 Å². The maximum Gasteiger partial charge on any atom is 0.308 e. The molecular weight excluding hydrogens is 247 g/mol. The summed E-state index contributed by atoms with van der Waals surface area (Å²) in [6, 6.07) is 6.31. The lowest BCUT2D eigenvalue weighted by molar-refractivity contribution is -0.142. The lowest BCUT2D eigenvalue weighted by atomic mass is 9.96. The average molecular weight is 260 g/mol. The number of hydrogen-bond donors (Lipinski definition) is 1. The maximum absolute atomic E-state index is 13.2. The number of imidazole rings is 1. The zero-order chi connectivity index (χ0) is 13.4. The fraction of sp³-hybridized carbons (Fsp3) is 0.286. The predicted molar refractivity (Wildman–Crippen MR) is 67.1 cm³/mol. The van der Waals surface area contributed by atoms with Gasteiger partial charge in [-0.3, -0.25) is 4.79 Å². The van der Waals surface area contributed by atoms with E-state index in [4.69, 9.17) is 5.11 Å². The number of hydrogen-bond acceptors (Lipinski definition) is 2. The Morgan fingerprint density at radius 1 is 1.47 bits per heavy atom. The van der Waals surface area contributed by atoms with E-state index in [1.807, 2.05) is 10.6 Å². The smallest absolute Gasteiger partial charge is 0.308 e. The molecule has 1 atom stereocenters. The van der Waals surface area contributed by atoms with Crippen LogP contribution < -0.4 is 0 Å². The number of rotatable bonds is 2. The molecule has 1 unspecified atom stereocenters. The van der Waals surface area contributed by atoms with Crippen molar-refractivity contribution in [1.29, 1.82) is 0 Å². The summed E-state index contributed by atoms with van der Waals surface area (Å²) in [5.41, 5.74) is 2.48. The molecule has 4 nitrogen and oxygen atoms in total. The number of carboxylic acid groups (broad SMARTS) is 1. The first-order valence-corrected chi connectivity index (χ1v) is 6.18. The van der Waals surface area contributed by atoms with Crippen molar-refractivity contribution in [3.05, 3.63) is 42.1 Å². The highest BCUT2D eigenvalue weighted by molar-refractivity contribution is 5.70. The van der Waals surface area contributed by atoms with Gasteiger partial charge in [-0.1, -0.05) is 12.1 Å². The van der Waals surface area contributed by atoms with Gasteiger partial charge in [-0.2, -0.15) is 0 Å². The molecule has 0 saturated heterocycles. The molecule has 0 spiro atoms. The Labute approximate surface area is 109 Å². The zero-order valence-corrected chi connectivity index (χ0v) is 10.2. The van der Waals surface area contributed by atoms with E-state index in [1.54, 1.807) is 12.4 Å². The van der Waals surface area contributed by atoms with E-state index >= 15 is 0 Å². The van der Waals surface area contributed by atoms with E-state index in [9.17, 15) is 9.18 Å². The molecule has 1 N–H and O–H groups in total. The molecule has 0 amide bonds. The first kappa shape index (κ1) is 11.9. The molecule has 5 heteroatoms. The molecule has 19 heavy (non-hydrogen) atoms. The number of halogens is 1.